The maximum absolute atomic E-state index is 5.52. The van der Waals surface area contributed by atoms with E-state index in [1.54, 1.807) is 13.3 Å². The van der Waals surface area contributed by atoms with Gasteiger partial charge in [-0.2, -0.15) is 5.10 Å². The molecule has 1 aliphatic heterocycles. The molecule has 0 unspecified atom stereocenters. The molecule has 1 aliphatic rings. The SMILES string of the molecule is COc1ccc(CN2CCc3nc(C)[nH]c3C2)cc1Cn1cccn1. The van der Waals surface area contributed by atoms with Crippen molar-refractivity contribution in [3.05, 3.63) is 65.0 Å². The van der Waals surface area contributed by atoms with Crippen LogP contribution in [0.2, 0.25) is 0 Å². The number of fused-ring (bicyclic) bond motifs is 1. The summed E-state index contributed by atoms with van der Waals surface area (Å²) in [6.45, 7) is 5.63. The smallest absolute Gasteiger partial charge is 0.123 e. The first-order valence-corrected chi connectivity index (χ1v) is 8.61. The van der Waals surface area contributed by atoms with Gasteiger partial charge in [-0.15, -0.1) is 0 Å². The molecule has 0 radical (unpaired) electrons. The van der Waals surface area contributed by atoms with E-state index in [9.17, 15) is 0 Å². The van der Waals surface area contributed by atoms with Crippen LogP contribution in [0.15, 0.2) is 36.7 Å². The average Bonchev–Trinajstić information content (AvgIpc) is 3.23. The van der Waals surface area contributed by atoms with E-state index in [0.29, 0.717) is 6.54 Å². The molecular formula is C19H23N5O. The molecule has 3 heterocycles. The van der Waals surface area contributed by atoms with E-state index in [1.165, 1.54) is 17.0 Å². The topological polar surface area (TPSA) is 59.0 Å². The third-order valence-corrected chi connectivity index (χ3v) is 4.67. The molecule has 0 bridgehead atoms. The molecule has 4 rings (SSSR count). The summed E-state index contributed by atoms with van der Waals surface area (Å²) in [5.41, 5.74) is 4.93. The second kappa shape index (κ2) is 6.72. The summed E-state index contributed by atoms with van der Waals surface area (Å²) in [6.07, 6.45) is 4.78. The van der Waals surface area contributed by atoms with Crippen LogP contribution in [0.25, 0.3) is 0 Å². The number of rotatable bonds is 5. The predicted molar refractivity (Wildman–Crippen MR) is 95.5 cm³/mol. The van der Waals surface area contributed by atoms with Gasteiger partial charge in [0.15, 0.2) is 0 Å². The van der Waals surface area contributed by atoms with Crippen LogP contribution in [0.4, 0.5) is 0 Å². The van der Waals surface area contributed by atoms with Gasteiger partial charge in [-0.3, -0.25) is 9.58 Å². The lowest BCUT2D eigenvalue weighted by Gasteiger charge is -2.26. The summed E-state index contributed by atoms with van der Waals surface area (Å²) in [5.74, 6) is 1.92. The van der Waals surface area contributed by atoms with Crippen molar-refractivity contribution in [1.29, 1.82) is 0 Å². The fraction of sp³-hybridized carbons (Fsp3) is 0.368. The molecule has 0 atom stereocenters. The van der Waals surface area contributed by atoms with Gasteiger partial charge in [0.05, 0.1) is 25.0 Å². The van der Waals surface area contributed by atoms with Crippen LogP contribution in [0.1, 0.15) is 28.3 Å². The van der Waals surface area contributed by atoms with Crippen molar-refractivity contribution in [3.63, 3.8) is 0 Å². The van der Waals surface area contributed by atoms with Gasteiger partial charge in [0, 0.05) is 44.0 Å². The first-order valence-electron chi connectivity index (χ1n) is 8.61. The van der Waals surface area contributed by atoms with Gasteiger partial charge < -0.3 is 9.72 Å². The van der Waals surface area contributed by atoms with Crippen molar-refractivity contribution in [3.8, 4) is 5.75 Å². The zero-order valence-corrected chi connectivity index (χ0v) is 14.7. The standard InChI is InChI=1S/C19H23N5O/c1-14-21-17-6-9-23(13-18(17)22-14)11-15-4-5-19(25-2)16(10-15)12-24-8-3-7-20-24/h3-5,7-8,10H,6,9,11-13H2,1-2H3,(H,21,22). The maximum atomic E-state index is 5.52. The Morgan fingerprint density at radius 2 is 2.20 bits per heavy atom. The van der Waals surface area contributed by atoms with Crippen molar-refractivity contribution in [2.45, 2.75) is 33.0 Å². The fourth-order valence-electron chi connectivity index (χ4n) is 3.51. The van der Waals surface area contributed by atoms with Gasteiger partial charge >= 0.3 is 0 Å². The van der Waals surface area contributed by atoms with Crippen LogP contribution in [0, 0.1) is 6.92 Å². The van der Waals surface area contributed by atoms with Crippen LogP contribution >= 0.6 is 0 Å². The maximum Gasteiger partial charge on any atom is 0.123 e. The molecule has 1 aromatic carbocycles. The molecule has 6 nitrogen and oxygen atoms in total. The molecule has 6 heteroatoms. The number of nitrogens with zero attached hydrogens (tertiary/aromatic N) is 4. The van der Waals surface area contributed by atoms with Gasteiger partial charge in [0.1, 0.15) is 11.6 Å². The summed E-state index contributed by atoms with van der Waals surface area (Å²) in [7, 11) is 1.72. The zero-order chi connectivity index (χ0) is 17.2. The average molecular weight is 337 g/mol. The number of nitrogens with one attached hydrogen (secondary N) is 1. The highest BCUT2D eigenvalue weighted by Gasteiger charge is 2.19. The number of imidazole rings is 1. The Kier molecular flexibility index (Phi) is 4.28. The lowest BCUT2D eigenvalue weighted by atomic mass is 10.1. The molecule has 0 fully saturated rings. The minimum atomic E-state index is 0.716. The molecule has 1 N–H and O–H groups in total. The Balaban J connectivity index is 1.51. The number of hydrogen-bond acceptors (Lipinski definition) is 4. The largest absolute Gasteiger partial charge is 0.496 e. The molecule has 130 valence electrons. The molecule has 2 aromatic heterocycles. The van der Waals surface area contributed by atoms with E-state index in [2.05, 4.69) is 38.2 Å². The van der Waals surface area contributed by atoms with Gasteiger partial charge in [0.2, 0.25) is 0 Å². The van der Waals surface area contributed by atoms with Crippen molar-refractivity contribution in [1.82, 2.24) is 24.6 Å². The zero-order valence-electron chi connectivity index (χ0n) is 14.7. The lowest BCUT2D eigenvalue weighted by molar-refractivity contribution is 0.241. The predicted octanol–water partition coefficient (Wildman–Crippen LogP) is 2.53. The molecular weight excluding hydrogens is 314 g/mol. The Morgan fingerprint density at radius 1 is 1.28 bits per heavy atom. The van der Waals surface area contributed by atoms with Crippen LogP contribution in [0.5, 0.6) is 5.75 Å². The van der Waals surface area contributed by atoms with E-state index < -0.39 is 0 Å². The summed E-state index contributed by atoms with van der Waals surface area (Å²) < 4.78 is 7.44. The summed E-state index contributed by atoms with van der Waals surface area (Å²) in [5, 5.41) is 4.30. The van der Waals surface area contributed by atoms with Crippen molar-refractivity contribution in [2.75, 3.05) is 13.7 Å². The highest BCUT2D eigenvalue weighted by molar-refractivity contribution is 5.37. The van der Waals surface area contributed by atoms with Crippen LogP contribution < -0.4 is 4.74 Å². The van der Waals surface area contributed by atoms with Gasteiger partial charge in [-0.1, -0.05) is 6.07 Å². The molecule has 0 aliphatic carbocycles. The van der Waals surface area contributed by atoms with E-state index in [1.807, 2.05) is 23.9 Å². The van der Waals surface area contributed by atoms with E-state index in [0.717, 1.165) is 43.2 Å². The van der Waals surface area contributed by atoms with Crippen molar-refractivity contribution in [2.24, 2.45) is 0 Å². The lowest BCUT2D eigenvalue weighted by Crippen LogP contribution is -2.30. The summed E-state index contributed by atoms with van der Waals surface area (Å²) in [4.78, 5) is 10.4. The van der Waals surface area contributed by atoms with Gasteiger partial charge in [0.25, 0.3) is 0 Å². The minimum Gasteiger partial charge on any atom is -0.496 e. The third kappa shape index (κ3) is 3.44. The number of aromatic amines is 1. The van der Waals surface area contributed by atoms with Gasteiger partial charge in [-0.25, -0.2) is 4.98 Å². The normalized spacial score (nSPS) is 14.5. The Morgan fingerprint density at radius 3 is 3.00 bits per heavy atom. The number of benzene rings is 1. The summed E-state index contributed by atoms with van der Waals surface area (Å²) >= 11 is 0. The van der Waals surface area contributed by atoms with Crippen LogP contribution in [-0.4, -0.2) is 38.3 Å². The highest BCUT2D eigenvalue weighted by Crippen LogP contribution is 2.23. The third-order valence-electron chi connectivity index (χ3n) is 4.67. The van der Waals surface area contributed by atoms with Crippen molar-refractivity contribution >= 4 is 0 Å². The molecule has 0 spiro atoms. The Labute approximate surface area is 147 Å². The number of aryl methyl sites for hydroxylation is 1. The van der Waals surface area contributed by atoms with Crippen molar-refractivity contribution < 1.29 is 4.74 Å². The summed E-state index contributed by atoms with van der Waals surface area (Å²) in [6, 6.07) is 8.38. The van der Waals surface area contributed by atoms with Crippen LogP contribution in [0.3, 0.4) is 0 Å². The monoisotopic (exact) mass is 337 g/mol. The molecule has 0 amide bonds. The Hall–Kier alpha value is -2.60. The Bertz CT molecular complexity index is 853. The number of H-pyrrole nitrogens is 1. The number of ether oxygens (including phenoxy) is 1. The second-order valence-electron chi connectivity index (χ2n) is 6.56. The quantitative estimate of drug-likeness (QED) is 0.777. The molecule has 0 saturated heterocycles. The second-order valence-corrected chi connectivity index (χ2v) is 6.56. The number of aromatic nitrogens is 4. The molecule has 25 heavy (non-hydrogen) atoms. The van der Waals surface area contributed by atoms with E-state index in [4.69, 9.17) is 4.74 Å². The minimum absolute atomic E-state index is 0.716. The fourth-order valence-corrected chi connectivity index (χ4v) is 3.51. The highest BCUT2D eigenvalue weighted by atomic mass is 16.5. The molecule has 3 aromatic rings. The first kappa shape index (κ1) is 15.9. The van der Waals surface area contributed by atoms with Gasteiger partial charge in [-0.05, 0) is 30.7 Å². The van der Waals surface area contributed by atoms with E-state index >= 15 is 0 Å². The molecule has 0 saturated carbocycles. The van der Waals surface area contributed by atoms with Crippen LogP contribution in [-0.2, 0) is 26.1 Å². The first-order chi connectivity index (χ1) is 12.2. The number of methoxy groups -OCH3 is 1. The number of hydrogen-bond donors (Lipinski definition) is 1. The van der Waals surface area contributed by atoms with E-state index in [-0.39, 0.29) is 0 Å².